The van der Waals surface area contributed by atoms with Gasteiger partial charge in [0.15, 0.2) is 11.6 Å². The predicted molar refractivity (Wildman–Crippen MR) is 51.6 cm³/mol. The maximum absolute atomic E-state index is 12.8. The van der Waals surface area contributed by atoms with E-state index in [1.807, 2.05) is 0 Å². The number of aliphatic hydroxyl groups is 1. The Labute approximate surface area is 84.1 Å². The second kappa shape index (κ2) is 4.58. The normalized spacial score (nSPS) is 12.8. The number of alkyl halides is 1. The lowest BCUT2D eigenvalue weighted by molar-refractivity contribution is 0.201. The molecule has 1 rings (SSSR count). The Morgan fingerprint density at radius 1 is 1.46 bits per heavy atom. The largest absolute Gasteiger partial charge is 0.505 e. The van der Waals surface area contributed by atoms with Crippen LogP contribution in [0, 0.1) is 5.82 Å². The van der Waals surface area contributed by atoms with Gasteiger partial charge in [0.05, 0.1) is 6.10 Å². The monoisotopic (exact) mass is 248 g/mol. The third-order valence-corrected chi connectivity index (χ3v) is 2.41. The fourth-order valence-electron chi connectivity index (χ4n) is 1.00. The molecule has 0 aliphatic rings. The van der Waals surface area contributed by atoms with E-state index in [0.717, 1.165) is 0 Å². The van der Waals surface area contributed by atoms with Crippen LogP contribution >= 0.6 is 15.9 Å². The molecule has 0 bridgehead atoms. The number of aromatic hydroxyl groups is 1. The van der Waals surface area contributed by atoms with Gasteiger partial charge in [-0.15, -0.1) is 0 Å². The molecule has 1 aromatic carbocycles. The molecule has 0 saturated heterocycles. The molecule has 1 atom stereocenters. The summed E-state index contributed by atoms with van der Waals surface area (Å²) < 4.78 is 12.8. The molecule has 72 valence electrons. The highest BCUT2D eigenvalue weighted by molar-refractivity contribution is 9.09. The Kier molecular flexibility index (Phi) is 3.69. The van der Waals surface area contributed by atoms with Crippen molar-refractivity contribution in [3.05, 3.63) is 29.6 Å². The zero-order chi connectivity index (χ0) is 9.84. The quantitative estimate of drug-likeness (QED) is 0.802. The van der Waals surface area contributed by atoms with E-state index in [2.05, 4.69) is 15.9 Å². The van der Waals surface area contributed by atoms with Crippen LogP contribution in [-0.2, 0) is 6.42 Å². The first-order valence-electron chi connectivity index (χ1n) is 3.85. The topological polar surface area (TPSA) is 40.5 Å². The van der Waals surface area contributed by atoms with Gasteiger partial charge in [0.25, 0.3) is 0 Å². The second-order valence-electron chi connectivity index (χ2n) is 2.80. The van der Waals surface area contributed by atoms with Gasteiger partial charge in [0.1, 0.15) is 0 Å². The van der Waals surface area contributed by atoms with Crippen LogP contribution in [0.5, 0.6) is 5.75 Å². The van der Waals surface area contributed by atoms with Crippen LogP contribution in [0.4, 0.5) is 4.39 Å². The standard InChI is InChI=1S/C9H10BrFO2/c10-5-7(12)3-6-1-2-9(13)8(11)4-6/h1-2,4,7,12-13H,3,5H2. The second-order valence-corrected chi connectivity index (χ2v) is 3.45. The molecule has 0 fully saturated rings. The van der Waals surface area contributed by atoms with Crippen molar-refractivity contribution in [2.45, 2.75) is 12.5 Å². The van der Waals surface area contributed by atoms with Crippen molar-refractivity contribution in [1.82, 2.24) is 0 Å². The number of benzene rings is 1. The van der Waals surface area contributed by atoms with Crippen LogP contribution in [0.2, 0.25) is 0 Å². The minimum atomic E-state index is -0.653. The first kappa shape index (κ1) is 10.5. The Balaban J connectivity index is 2.73. The smallest absolute Gasteiger partial charge is 0.165 e. The van der Waals surface area contributed by atoms with E-state index in [9.17, 15) is 9.50 Å². The van der Waals surface area contributed by atoms with Crippen molar-refractivity contribution < 1.29 is 14.6 Å². The van der Waals surface area contributed by atoms with E-state index in [4.69, 9.17) is 5.11 Å². The zero-order valence-corrected chi connectivity index (χ0v) is 8.46. The molecule has 0 aromatic heterocycles. The van der Waals surface area contributed by atoms with E-state index in [0.29, 0.717) is 17.3 Å². The summed E-state index contributed by atoms with van der Waals surface area (Å²) in [5.41, 5.74) is 0.669. The number of hydrogen-bond acceptors (Lipinski definition) is 2. The summed E-state index contributed by atoms with van der Waals surface area (Å²) in [4.78, 5) is 0. The Hall–Kier alpha value is -0.610. The van der Waals surface area contributed by atoms with Crippen molar-refractivity contribution in [1.29, 1.82) is 0 Å². The summed E-state index contributed by atoms with van der Waals surface area (Å²) in [5, 5.41) is 18.6. The lowest BCUT2D eigenvalue weighted by atomic mass is 10.1. The van der Waals surface area contributed by atoms with Crippen molar-refractivity contribution in [2.75, 3.05) is 5.33 Å². The molecule has 2 N–H and O–H groups in total. The summed E-state index contributed by atoms with van der Waals surface area (Å²) in [6.45, 7) is 0. The van der Waals surface area contributed by atoms with E-state index in [1.54, 1.807) is 6.07 Å². The summed E-state index contributed by atoms with van der Waals surface area (Å²) in [6, 6.07) is 4.09. The average Bonchev–Trinajstić information content (AvgIpc) is 2.11. The number of rotatable bonds is 3. The van der Waals surface area contributed by atoms with Crippen molar-refractivity contribution in [2.24, 2.45) is 0 Å². The number of hydrogen-bond donors (Lipinski definition) is 2. The Bertz CT molecular complexity index is 291. The third-order valence-electron chi connectivity index (χ3n) is 1.66. The lowest BCUT2D eigenvalue weighted by Gasteiger charge is -2.06. The summed E-state index contributed by atoms with van der Waals surface area (Å²) >= 11 is 3.11. The Morgan fingerprint density at radius 3 is 2.69 bits per heavy atom. The van der Waals surface area contributed by atoms with Crippen molar-refractivity contribution in [3.8, 4) is 5.75 Å². The van der Waals surface area contributed by atoms with Gasteiger partial charge in [-0.25, -0.2) is 4.39 Å². The van der Waals surface area contributed by atoms with Crippen LogP contribution in [-0.4, -0.2) is 21.6 Å². The molecule has 0 spiro atoms. The van der Waals surface area contributed by atoms with Gasteiger partial charge >= 0.3 is 0 Å². The zero-order valence-electron chi connectivity index (χ0n) is 6.87. The van der Waals surface area contributed by atoms with Crippen LogP contribution in [0.25, 0.3) is 0 Å². The molecule has 0 saturated carbocycles. The molecule has 1 unspecified atom stereocenters. The average molecular weight is 249 g/mol. The molecule has 0 heterocycles. The highest BCUT2D eigenvalue weighted by Gasteiger charge is 2.06. The fourth-order valence-corrected chi connectivity index (χ4v) is 1.23. The highest BCUT2D eigenvalue weighted by atomic mass is 79.9. The maximum atomic E-state index is 12.8. The highest BCUT2D eigenvalue weighted by Crippen LogP contribution is 2.17. The molecule has 13 heavy (non-hydrogen) atoms. The third kappa shape index (κ3) is 2.97. The van der Waals surface area contributed by atoms with Crippen LogP contribution in [0.3, 0.4) is 0 Å². The molecule has 0 aliphatic heterocycles. The lowest BCUT2D eigenvalue weighted by Crippen LogP contribution is -2.11. The molecule has 0 radical (unpaired) electrons. The Morgan fingerprint density at radius 2 is 2.15 bits per heavy atom. The number of halogens is 2. The van der Waals surface area contributed by atoms with Crippen molar-refractivity contribution >= 4 is 15.9 Å². The van der Waals surface area contributed by atoms with Crippen LogP contribution in [0.15, 0.2) is 18.2 Å². The van der Waals surface area contributed by atoms with E-state index < -0.39 is 11.9 Å². The molecule has 1 aromatic rings. The molecule has 4 heteroatoms. The van der Waals surface area contributed by atoms with Gasteiger partial charge in [-0.3, -0.25) is 0 Å². The molecule has 2 nitrogen and oxygen atoms in total. The van der Waals surface area contributed by atoms with Crippen molar-refractivity contribution in [3.63, 3.8) is 0 Å². The van der Waals surface area contributed by atoms with Gasteiger partial charge < -0.3 is 10.2 Å². The summed E-state index contributed by atoms with van der Waals surface area (Å²) in [6.07, 6.45) is -0.147. The van der Waals surface area contributed by atoms with E-state index in [1.165, 1.54) is 12.1 Å². The van der Waals surface area contributed by atoms with E-state index in [-0.39, 0.29) is 5.75 Å². The predicted octanol–water partition coefficient (Wildman–Crippen LogP) is 1.83. The van der Waals surface area contributed by atoms with Gasteiger partial charge in [-0.2, -0.15) is 0 Å². The number of phenols is 1. The molecular weight excluding hydrogens is 239 g/mol. The number of phenolic OH excluding ortho intramolecular Hbond substituents is 1. The van der Waals surface area contributed by atoms with E-state index >= 15 is 0 Å². The van der Waals surface area contributed by atoms with Gasteiger partial charge in [-0.05, 0) is 24.1 Å². The first-order valence-corrected chi connectivity index (χ1v) is 4.97. The molecule has 0 amide bonds. The summed E-state index contributed by atoms with van der Waals surface area (Å²) in [7, 11) is 0. The van der Waals surface area contributed by atoms with Crippen LogP contribution in [0.1, 0.15) is 5.56 Å². The minimum absolute atomic E-state index is 0.364. The van der Waals surface area contributed by atoms with Gasteiger partial charge in [-0.1, -0.05) is 22.0 Å². The van der Waals surface area contributed by atoms with Gasteiger partial charge in [0.2, 0.25) is 0 Å². The minimum Gasteiger partial charge on any atom is -0.505 e. The SMILES string of the molecule is Oc1ccc(CC(O)CBr)cc1F. The maximum Gasteiger partial charge on any atom is 0.165 e. The first-order chi connectivity index (χ1) is 6.13. The molecule has 0 aliphatic carbocycles. The van der Waals surface area contributed by atoms with Gasteiger partial charge in [0, 0.05) is 5.33 Å². The molecular formula is C9H10BrFO2. The summed E-state index contributed by atoms with van der Waals surface area (Å²) in [5.74, 6) is -1.02. The van der Waals surface area contributed by atoms with Crippen LogP contribution < -0.4 is 0 Å². The number of aliphatic hydroxyl groups excluding tert-OH is 1. The fraction of sp³-hybridized carbons (Fsp3) is 0.333.